The van der Waals surface area contributed by atoms with Crippen molar-refractivity contribution >= 4 is 38.4 Å². The number of halogens is 1. The van der Waals surface area contributed by atoms with Gasteiger partial charge >= 0.3 is 0 Å². The Morgan fingerprint density at radius 3 is 2.52 bits per heavy atom. The Bertz CT molecular complexity index is 1310. The number of amides is 1. The zero-order valence-corrected chi connectivity index (χ0v) is 20.9. The molecule has 0 radical (unpaired) electrons. The molecule has 4 nitrogen and oxygen atoms in total. The van der Waals surface area contributed by atoms with Gasteiger partial charge in [-0.25, -0.2) is 4.98 Å². The van der Waals surface area contributed by atoms with E-state index < -0.39 is 0 Å². The van der Waals surface area contributed by atoms with Gasteiger partial charge in [-0.2, -0.15) is 0 Å². The average Bonchev–Trinajstić information content (AvgIpc) is 2.80. The molecule has 3 aromatic carbocycles. The topological polar surface area (TPSA) is 51.2 Å². The van der Waals surface area contributed by atoms with E-state index in [4.69, 9.17) is 9.72 Å². The van der Waals surface area contributed by atoms with Gasteiger partial charge in [0.2, 0.25) is 0 Å². The number of fused-ring (bicyclic) bond motifs is 1. The number of hydrogen-bond donors (Lipinski definition) is 1. The molecule has 1 amide bonds. The van der Waals surface area contributed by atoms with E-state index >= 15 is 0 Å². The predicted molar refractivity (Wildman–Crippen MR) is 139 cm³/mol. The third kappa shape index (κ3) is 4.93. The van der Waals surface area contributed by atoms with E-state index in [1.54, 1.807) is 0 Å². The summed E-state index contributed by atoms with van der Waals surface area (Å²) < 4.78 is 6.46. The normalized spacial score (nSPS) is 11.1. The van der Waals surface area contributed by atoms with Crippen molar-refractivity contribution in [3.63, 3.8) is 0 Å². The molecule has 5 heteroatoms. The molecule has 1 N–H and O–H groups in total. The van der Waals surface area contributed by atoms with Gasteiger partial charge in [0, 0.05) is 21.1 Å². The van der Waals surface area contributed by atoms with E-state index in [0.29, 0.717) is 18.1 Å². The molecule has 0 saturated heterocycles. The second-order valence-electron chi connectivity index (χ2n) is 8.32. The number of nitrogens with one attached hydrogen (secondary N) is 1. The average molecular weight is 503 g/mol. The Balaban J connectivity index is 1.81. The predicted octanol–water partition coefficient (Wildman–Crippen LogP) is 7.75. The number of benzene rings is 3. The van der Waals surface area contributed by atoms with Gasteiger partial charge in [-0.05, 0) is 79.4 Å². The first kappa shape index (κ1) is 23.0. The van der Waals surface area contributed by atoms with E-state index in [0.717, 1.165) is 49.2 Å². The van der Waals surface area contributed by atoms with Crippen LogP contribution < -0.4 is 10.1 Å². The molecule has 0 aliphatic rings. The zero-order valence-electron chi connectivity index (χ0n) is 19.3. The van der Waals surface area contributed by atoms with Crippen molar-refractivity contribution in [2.24, 2.45) is 0 Å². The quantitative estimate of drug-likeness (QED) is 0.293. The fraction of sp³-hybridized carbons (Fsp3) is 0.214. The van der Waals surface area contributed by atoms with E-state index in [2.05, 4.69) is 41.2 Å². The fourth-order valence-electron chi connectivity index (χ4n) is 3.95. The van der Waals surface area contributed by atoms with Crippen LogP contribution in [0.1, 0.15) is 48.2 Å². The standard InChI is InChI=1S/C28H27BrN2O2/c1-5-33-21-12-9-19(10-13-21)26-16-24(23-15-20(29)11-14-25(23)30-26)28(32)31-27-18(4)7-6-8-22(27)17(2)3/h6-17H,5H2,1-4H3,(H,31,32). The van der Waals surface area contributed by atoms with Crippen molar-refractivity contribution < 1.29 is 9.53 Å². The van der Waals surface area contributed by atoms with Crippen LogP contribution in [0.2, 0.25) is 0 Å². The minimum absolute atomic E-state index is 0.149. The SMILES string of the molecule is CCOc1ccc(-c2cc(C(=O)Nc3c(C)cccc3C(C)C)c3cc(Br)ccc3n2)cc1. The Hall–Kier alpha value is -3.18. The van der Waals surface area contributed by atoms with Crippen molar-refractivity contribution in [2.75, 3.05) is 11.9 Å². The number of anilines is 1. The molecule has 0 aliphatic carbocycles. The van der Waals surface area contributed by atoms with Crippen LogP contribution in [0.15, 0.2) is 71.2 Å². The Kier molecular flexibility index (Phi) is 6.80. The number of hydrogen-bond acceptors (Lipinski definition) is 3. The number of carbonyl (C=O) groups excluding carboxylic acids is 1. The molecule has 1 heterocycles. The third-order valence-electron chi connectivity index (χ3n) is 5.64. The van der Waals surface area contributed by atoms with E-state index in [9.17, 15) is 4.79 Å². The summed E-state index contributed by atoms with van der Waals surface area (Å²) in [5, 5.41) is 3.99. The second-order valence-corrected chi connectivity index (χ2v) is 9.24. The van der Waals surface area contributed by atoms with Crippen LogP contribution in [0.4, 0.5) is 5.69 Å². The summed E-state index contributed by atoms with van der Waals surface area (Å²) in [5.41, 5.74) is 6.06. The summed E-state index contributed by atoms with van der Waals surface area (Å²) in [7, 11) is 0. The smallest absolute Gasteiger partial charge is 0.256 e. The summed E-state index contributed by atoms with van der Waals surface area (Å²) in [6, 6.07) is 21.6. The van der Waals surface area contributed by atoms with Crippen molar-refractivity contribution in [2.45, 2.75) is 33.6 Å². The monoisotopic (exact) mass is 502 g/mol. The van der Waals surface area contributed by atoms with Crippen LogP contribution in [0.3, 0.4) is 0 Å². The van der Waals surface area contributed by atoms with Crippen molar-refractivity contribution in [3.05, 3.63) is 87.9 Å². The summed E-state index contributed by atoms with van der Waals surface area (Å²) >= 11 is 3.54. The largest absolute Gasteiger partial charge is 0.494 e. The highest BCUT2D eigenvalue weighted by Gasteiger charge is 2.18. The summed E-state index contributed by atoms with van der Waals surface area (Å²) in [5.74, 6) is 0.955. The number of pyridine rings is 1. The van der Waals surface area contributed by atoms with Crippen LogP contribution in [0.5, 0.6) is 5.75 Å². The number of carbonyl (C=O) groups is 1. The van der Waals surface area contributed by atoms with Gasteiger partial charge in [0.25, 0.3) is 5.91 Å². The molecule has 0 atom stereocenters. The maximum absolute atomic E-state index is 13.6. The number of rotatable bonds is 6. The summed E-state index contributed by atoms with van der Waals surface area (Å²) in [6.45, 7) is 8.86. The minimum Gasteiger partial charge on any atom is -0.494 e. The van der Waals surface area contributed by atoms with Crippen LogP contribution >= 0.6 is 15.9 Å². The first-order valence-electron chi connectivity index (χ1n) is 11.1. The lowest BCUT2D eigenvalue weighted by Crippen LogP contribution is -2.16. The first-order chi connectivity index (χ1) is 15.9. The molecule has 0 saturated carbocycles. The van der Waals surface area contributed by atoms with Gasteiger partial charge in [-0.15, -0.1) is 0 Å². The Morgan fingerprint density at radius 2 is 1.82 bits per heavy atom. The molecule has 0 unspecified atom stereocenters. The van der Waals surface area contributed by atoms with Gasteiger partial charge in [-0.1, -0.05) is 48.0 Å². The summed E-state index contributed by atoms with van der Waals surface area (Å²) in [4.78, 5) is 18.4. The van der Waals surface area contributed by atoms with Gasteiger partial charge in [0.15, 0.2) is 0 Å². The number of ether oxygens (including phenoxy) is 1. The maximum atomic E-state index is 13.6. The van der Waals surface area contributed by atoms with Crippen LogP contribution in [0, 0.1) is 6.92 Å². The number of para-hydroxylation sites is 1. The van der Waals surface area contributed by atoms with Gasteiger partial charge in [0.05, 0.1) is 23.4 Å². The lowest BCUT2D eigenvalue weighted by atomic mass is 9.97. The highest BCUT2D eigenvalue weighted by molar-refractivity contribution is 9.10. The molecule has 0 aliphatic heterocycles. The minimum atomic E-state index is -0.149. The second kappa shape index (κ2) is 9.75. The molecule has 1 aromatic heterocycles. The Morgan fingerprint density at radius 1 is 1.06 bits per heavy atom. The Labute approximate surface area is 203 Å². The van der Waals surface area contributed by atoms with Crippen molar-refractivity contribution in [3.8, 4) is 17.0 Å². The molecule has 4 rings (SSSR count). The highest BCUT2D eigenvalue weighted by Crippen LogP contribution is 2.31. The zero-order chi connectivity index (χ0) is 23.5. The maximum Gasteiger partial charge on any atom is 0.256 e. The van der Waals surface area contributed by atoms with Crippen LogP contribution in [-0.2, 0) is 0 Å². The summed E-state index contributed by atoms with van der Waals surface area (Å²) in [6.07, 6.45) is 0. The molecular weight excluding hydrogens is 476 g/mol. The highest BCUT2D eigenvalue weighted by atomic mass is 79.9. The van der Waals surface area contributed by atoms with Crippen LogP contribution in [0.25, 0.3) is 22.2 Å². The van der Waals surface area contributed by atoms with E-state index in [1.165, 1.54) is 0 Å². The van der Waals surface area contributed by atoms with Crippen molar-refractivity contribution in [1.82, 2.24) is 4.98 Å². The third-order valence-corrected chi connectivity index (χ3v) is 6.14. The lowest BCUT2D eigenvalue weighted by molar-refractivity contribution is 0.102. The van der Waals surface area contributed by atoms with Gasteiger partial charge < -0.3 is 10.1 Å². The van der Waals surface area contributed by atoms with Gasteiger partial charge in [-0.3, -0.25) is 4.79 Å². The molecule has 0 bridgehead atoms. The molecule has 0 fully saturated rings. The molecule has 168 valence electrons. The number of aromatic nitrogens is 1. The molecule has 0 spiro atoms. The fourth-order valence-corrected chi connectivity index (χ4v) is 4.31. The van der Waals surface area contributed by atoms with Crippen LogP contribution in [-0.4, -0.2) is 17.5 Å². The first-order valence-corrected chi connectivity index (χ1v) is 11.9. The molecule has 33 heavy (non-hydrogen) atoms. The molecule has 4 aromatic rings. The van der Waals surface area contributed by atoms with Crippen molar-refractivity contribution in [1.29, 1.82) is 0 Å². The van der Waals surface area contributed by atoms with Gasteiger partial charge in [0.1, 0.15) is 5.75 Å². The number of nitrogens with zero attached hydrogens (tertiary/aromatic N) is 1. The molecular formula is C28H27BrN2O2. The lowest BCUT2D eigenvalue weighted by Gasteiger charge is -2.17. The van der Waals surface area contributed by atoms with E-state index in [-0.39, 0.29) is 5.91 Å². The van der Waals surface area contributed by atoms with E-state index in [1.807, 2.05) is 74.5 Å². The number of aryl methyl sites for hydroxylation is 1.